The number of anilines is 1. The van der Waals surface area contributed by atoms with Gasteiger partial charge < -0.3 is 5.32 Å². The summed E-state index contributed by atoms with van der Waals surface area (Å²) in [5, 5.41) is 8.44. The molecule has 12 heteroatoms. The van der Waals surface area contributed by atoms with Crippen LogP contribution in [0.5, 0.6) is 0 Å². The van der Waals surface area contributed by atoms with E-state index < -0.39 is 21.7 Å². The van der Waals surface area contributed by atoms with Gasteiger partial charge >= 0.3 is 0 Å². The quantitative estimate of drug-likeness (QED) is 0.388. The van der Waals surface area contributed by atoms with Gasteiger partial charge in [0.2, 0.25) is 10.0 Å². The molecule has 0 amide bonds. The summed E-state index contributed by atoms with van der Waals surface area (Å²) in [4.78, 5) is 4.50. The fourth-order valence-corrected chi connectivity index (χ4v) is 6.25. The molecule has 36 heavy (non-hydrogen) atoms. The van der Waals surface area contributed by atoms with Crippen LogP contribution in [0.25, 0.3) is 16.9 Å². The molecule has 1 aliphatic heterocycles. The van der Waals surface area contributed by atoms with Crippen molar-refractivity contribution in [3.8, 4) is 11.3 Å². The SMILES string of the molecule is Bc1cnn2c(NCC3CCCN(S(=O)(=O)c4ccc(F)c(F)c4)C3)cc(-c3ccccc3Cl)nc12. The van der Waals surface area contributed by atoms with Crippen molar-refractivity contribution in [2.24, 2.45) is 5.92 Å². The van der Waals surface area contributed by atoms with Crippen molar-refractivity contribution in [3.05, 3.63) is 71.4 Å². The summed E-state index contributed by atoms with van der Waals surface area (Å²) in [5.41, 5.74) is 3.10. The monoisotopic (exact) mass is 529 g/mol. The van der Waals surface area contributed by atoms with Crippen molar-refractivity contribution in [1.29, 1.82) is 0 Å². The molecule has 0 radical (unpaired) electrons. The van der Waals surface area contributed by atoms with Gasteiger partial charge in [-0.05, 0) is 48.5 Å². The van der Waals surface area contributed by atoms with E-state index in [2.05, 4.69) is 10.4 Å². The Morgan fingerprint density at radius 1 is 1.14 bits per heavy atom. The maximum atomic E-state index is 13.7. The van der Waals surface area contributed by atoms with E-state index in [1.165, 1.54) is 4.31 Å². The number of nitrogens with one attached hydrogen (secondary N) is 1. The topological polar surface area (TPSA) is 79.6 Å². The van der Waals surface area contributed by atoms with E-state index >= 15 is 0 Å². The van der Waals surface area contributed by atoms with Crippen LogP contribution in [-0.4, -0.2) is 54.8 Å². The highest BCUT2D eigenvalue weighted by Gasteiger charge is 2.31. The van der Waals surface area contributed by atoms with E-state index in [0.29, 0.717) is 41.7 Å². The highest BCUT2D eigenvalue weighted by atomic mass is 35.5. The summed E-state index contributed by atoms with van der Waals surface area (Å²) >= 11 is 6.41. The Labute approximate surface area is 213 Å². The van der Waals surface area contributed by atoms with E-state index in [4.69, 9.17) is 16.6 Å². The molecule has 1 saturated heterocycles. The van der Waals surface area contributed by atoms with Gasteiger partial charge in [-0.1, -0.05) is 29.8 Å². The van der Waals surface area contributed by atoms with Crippen LogP contribution in [0.15, 0.2) is 59.6 Å². The number of hydrogen-bond donors (Lipinski definition) is 1. The van der Waals surface area contributed by atoms with Crippen molar-refractivity contribution in [2.45, 2.75) is 17.7 Å². The second-order valence-corrected chi connectivity index (χ2v) is 11.2. The largest absolute Gasteiger partial charge is 0.370 e. The number of sulfonamides is 1. The molecule has 186 valence electrons. The molecule has 2 aromatic heterocycles. The van der Waals surface area contributed by atoms with E-state index in [9.17, 15) is 17.2 Å². The number of piperidine rings is 1. The average molecular weight is 530 g/mol. The highest BCUT2D eigenvalue weighted by molar-refractivity contribution is 7.89. The Morgan fingerprint density at radius 3 is 2.72 bits per heavy atom. The minimum atomic E-state index is -3.94. The fourth-order valence-electron chi connectivity index (χ4n) is 4.45. The first kappa shape index (κ1) is 24.7. The average Bonchev–Trinajstić information content (AvgIpc) is 3.25. The Kier molecular flexibility index (Phi) is 6.71. The van der Waals surface area contributed by atoms with Crippen LogP contribution >= 0.6 is 11.6 Å². The molecular weight excluding hydrogens is 507 g/mol. The van der Waals surface area contributed by atoms with Gasteiger partial charge in [-0.2, -0.15) is 13.9 Å². The van der Waals surface area contributed by atoms with Gasteiger partial charge in [0.05, 0.1) is 10.6 Å². The Balaban J connectivity index is 1.37. The zero-order valence-electron chi connectivity index (χ0n) is 19.5. The number of halogens is 3. The molecule has 1 unspecified atom stereocenters. The lowest BCUT2D eigenvalue weighted by Gasteiger charge is -2.32. The van der Waals surface area contributed by atoms with Gasteiger partial charge in [0.1, 0.15) is 13.7 Å². The first-order valence-electron chi connectivity index (χ1n) is 11.5. The lowest BCUT2D eigenvalue weighted by Crippen LogP contribution is -2.41. The first-order valence-corrected chi connectivity index (χ1v) is 13.3. The smallest absolute Gasteiger partial charge is 0.243 e. The van der Waals surface area contributed by atoms with Crippen molar-refractivity contribution < 1.29 is 17.2 Å². The molecule has 1 fully saturated rings. The van der Waals surface area contributed by atoms with E-state index in [1.54, 1.807) is 10.7 Å². The van der Waals surface area contributed by atoms with Crippen LogP contribution in [0.2, 0.25) is 5.02 Å². The lowest BCUT2D eigenvalue weighted by molar-refractivity contribution is 0.275. The molecule has 1 aliphatic rings. The summed E-state index contributed by atoms with van der Waals surface area (Å²) in [5.74, 6) is -1.55. The molecular formula is C24H23BClF2N5O2S. The predicted molar refractivity (Wildman–Crippen MR) is 138 cm³/mol. The zero-order valence-corrected chi connectivity index (χ0v) is 21.0. The summed E-state index contributed by atoms with van der Waals surface area (Å²) in [6.07, 6.45) is 3.22. The van der Waals surface area contributed by atoms with Gasteiger partial charge in [-0.25, -0.2) is 22.2 Å². The molecule has 3 heterocycles. The number of aromatic nitrogens is 3. The van der Waals surface area contributed by atoms with E-state index in [0.717, 1.165) is 35.6 Å². The second-order valence-electron chi connectivity index (χ2n) is 8.90. The van der Waals surface area contributed by atoms with Crippen LogP contribution in [-0.2, 0) is 10.0 Å². The number of fused-ring (bicyclic) bond motifs is 1. The molecule has 0 saturated carbocycles. The molecule has 0 spiro atoms. The molecule has 7 nitrogen and oxygen atoms in total. The van der Waals surface area contributed by atoms with E-state index in [-0.39, 0.29) is 17.4 Å². The number of rotatable bonds is 6. The summed E-state index contributed by atoms with van der Waals surface area (Å²) in [6, 6.07) is 12.0. The fraction of sp³-hybridized carbons (Fsp3) is 0.250. The number of benzene rings is 2. The van der Waals surface area contributed by atoms with Gasteiger partial charge in [0, 0.05) is 42.5 Å². The Hall–Kier alpha value is -3.02. The van der Waals surface area contributed by atoms with Gasteiger partial charge in [0.25, 0.3) is 0 Å². The standard InChI is InChI=1S/C24H23BClF2N5O2S/c25-18-13-30-33-23(11-22(31-24(18)33)17-5-1-2-6-19(17)26)29-12-15-4-3-9-32(14-15)36(34,35)16-7-8-20(27)21(28)10-16/h1-2,5-8,10-11,13,15,29H,3-4,9,12,14,25H2. The van der Waals surface area contributed by atoms with E-state index in [1.807, 2.05) is 38.2 Å². The van der Waals surface area contributed by atoms with Gasteiger partial charge in [-0.15, -0.1) is 0 Å². The molecule has 5 rings (SSSR count). The molecule has 0 aliphatic carbocycles. The van der Waals surface area contributed by atoms with Crippen LogP contribution in [0.4, 0.5) is 14.6 Å². The molecule has 2 aromatic carbocycles. The van der Waals surface area contributed by atoms with Crippen LogP contribution in [0.3, 0.4) is 0 Å². The third-order valence-corrected chi connectivity index (χ3v) is 8.57. The lowest BCUT2D eigenvalue weighted by atomic mass is 9.99. The summed E-state index contributed by atoms with van der Waals surface area (Å²) in [7, 11) is -2.01. The third-order valence-electron chi connectivity index (χ3n) is 6.38. The maximum Gasteiger partial charge on any atom is 0.243 e. The van der Waals surface area contributed by atoms with Gasteiger partial charge in [0.15, 0.2) is 17.3 Å². The minimum Gasteiger partial charge on any atom is -0.370 e. The third kappa shape index (κ3) is 4.70. The molecule has 4 aromatic rings. The summed E-state index contributed by atoms with van der Waals surface area (Å²) in [6.45, 7) is 1.08. The van der Waals surface area contributed by atoms with Gasteiger partial charge in [-0.3, -0.25) is 0 Å². The first-order chi connectivity index (χ1) is 17.2. The maximum absolute atomic E-state index is 13.7. The van der Waals surface area contributed by atoms with Crippen molar-refractivity contribution in [2.75, 3.05) is 25.0 Å². The van der Waals surface area contributed by atoms with Crippen molar-refractivity contribution in [3.63, 3.8) is 0 Å². The molecule has 1 N–H and O–H groups in total. The highest BCUT2D eigenvalue weighted by Crippen LogP contribution is 2.29. The van der Waals surface area contributed by atoms with Crippen molar-refractivity contribution >= 4 is 46.4 Å². The normalized spacial score (nSPS) is 16.9. The number of nitrogens with zero attached hydrogens (tertiary/aromatic N) is 4. The molecule has 1 atom stereocenters. The second kappa shape index (κ2) is 9.80. The predicted octanol–water partition coefficient (Wildman–Crippen LogP) is 3.10. The Bertz CT molecular complexity index is 1550. The van der Waals surface area contributed by atoms with Crippen LogP contribution < -0.4 is 10.8 Å². The van der Waals surface area contributed by atoms with Crippen LogP contribution in [0, 0.1) is 17.6 Å². The zero-order chi connectivity index (χ0) is 25.4. The summed E-state index contributed by atoms with van der Waals surface area (Å²) < 4.78 is 56.2. The minimum absolute atomic E-state index is 0.00228. The van der Waals surface area contributed by atoms with Crippen LogP contribution in [0.1, 0.15) is 12.8 Å². The Morgan fingerprint density at radius 2 is 1.94 bits per heavy atom. The number of hydrogen-bond acceptors (Lipinski definition) is 5. The molecule has 0 bridgehead atoms. The van der Waals surface area contributed by atoms with Crippen molar-refractivity contribution in [1.82, 2.24) is 18.9 Å².